The molecular formula is C23H24P+. The summed E-state index contributed by atoms with van der Waals surface area (Å²) in [5.41, 5.74) is 1.59. The molecule has 1 aliphatic rings. The molecular weight excluding hydrogens is 307 g/mol. The predicted molar refractivity (Wildman–Crippen MR) is 108 cm³/mol. The van der Waals surface area contributed by atoms with Crippen LogP contribution < -0.4 is 15.9 Å². The van der Waals surface area contributed by atoms with Gasteiger partial charge in [-0.05, 0) is 54.7 Å². The van der Waals surface area contributed by atoms with Gasteiger partial charge in [0.25, 0.3) is 0 Å². The minimum atomic E-state index is -1.54. The first kappa shape index (κ1) is 15.6. The van der Waals surface area contributed by atoms with Gasteiger partial charge in [-0.15, -0.1) is 0 Å². The molecule has 0 saturated heterocycles. The zero-order valence-electron chi connectivity index (χ0n) is 14.2. The Morgan fingerprint density at radius 2 is 1.29 bits per heavy atom. The highest BCUT2D eigenvalue weighted by atomic mass is 31.2. The van der Waals surface area contributed by atoms with Crippen molar-refractivity contribution in [2.45, 2.75) is 25.7 Å². The molecule has 120 valence electrons. The van der Waals surface area contributed by atoms with E-state index in [1.807, 2.05) is 0 Å². The highest BCUT2D eigenvalue weighted by Gasteiger charge is 2.49. The van der Waals surface area contributed by atoms with Crippen molar-refractivity contribution in [1.82, 2.24) is 0 Å². The molecule has 0 amide bonds. The molecule has 3 aromatic rings. The van der Waals surface area contributed by atoms with Crippen LogP contribution >= 0.6 is 7.26 Å². The van der Waals surface area contributed by atoms with Gasteiger partial charge in [0.2, 0.25) is 0 Å². The van der Waals surface area contributed by atoms with E-state index in [2.05, 4.69) is 91.9 Å². The van der Waals surface area contributed by atoms with Crippen LogP contribution in [0.4, 0.5) is 0 Å². The van der Waals surface area contributed by atoms with E-state index in [0.717, 1.165) is 0 Å². The monoisotopic (exact) mass is 331 g/mol. The summed E-state index contributed by atoms with van der Waals surface area (Å²) in [5, 5.41) is 4.66. The summed E-state index contributed by atoms with van der Waals surface area (Å²) in [4.78, 5) is 0. The van der Waals surface area contributed by atoms with Crippen molar-refractivity contribution in [2.75, 3.05) is 6.16 Å². The molecule has 24 heavy (non-hydrogen) atoms. The van der Waals surface area contributed by atoms with Crippen LogP contribution in [0, 0.1) is 0 Å². The lowest BCUT2D eigenvalue weighted by atomic mass is 9.93. The lowest BCUT2D eigenvalue weighted by molar-refractivity contribution is 0.642. The van der Waals surface area contributed by atoms with Gasteiger partial charge in [0, 0.05) is 0 Å². The van der Waals surface area contributed by atoms with Gasteiger partial charge in [0.05, 0.1) is 6.16 Å². The van der Waals surface area contributed by atoms with Gasteiger partial charge in [0.1, 0.15) is 23.2 Å². The minimum Gasteiger partial charge on any atom is -0.0648 e. The number of benzene rings is 3. The van der Waals surface area contributed by atoms with Crippen LogP contribution in [0.5, 0.6) is 0 Å². The molecule has 0 spiro atoms. The lowest BCUT2D eigenvalue weighted by Crippen LogP contribution is -2.39. The van der Waals surface area contributed by atoms with Gasteiger partial charge < -0.3 is 0 Å². The zero-order valence-corrected chi connectivity index (χ0v) is 15.1. The Bertz CT molecular complexity index is 768. The van der Waals surface area contributed by atoms with Gasteiger partial charge in [-0.1, -0.05) is 61.5 Å². The Hall–Kier alpha value is -1.91. The first-order valence-corrected chi connectivity index (χ1v) is 10.9. The molecule has 1 heterocycles. The third kappa shape index (κ3) is 2.41. The maximum Gasteiger partial charge on any atom is 0.112 e. The smallest absolute Gasteiger partial charge is 0.0648 e. The lowest BCUT2D eigenvalue weighted by Gasteiger charge is -2.35. The zero-order chi connectivity index (χ0) is 16.4. The van der Waals surface area contributed by atoms with E-state index < -0.39 is 7.26 Å². The van der Waals surface area contributed by atoms with Crippen molar-refractivity contribution < 1.29 is 0 Å². The van der Waals surface area contributed by atoms with Gasteiger partial charge >= 0.3 is 0 Å². The fourth-order valence-electron chi connectivity index (χ4n) is 4.28. The fourth-order valence-corrected chi connectivity index (χ4v) is 8.99. The molecule has 0 saturated carbocycles. The van der Waals surface area contributed by atoms with E-state index >= 15 is 0 Å². The number of hydrogen-bond donors (Lipinski definition) is 0. The summed E-state index contributed by atoms with van der Waals surface area (Å²) < 4.78 is 0. The topological polar surface area (TPSA) is 0 Å². The third-order valence-corrected chi connectivity index (χ3v) is 10.0. The van der Waals surface area contributed by atoms with Crippen LogP contribution in [0.2, 0.25) is 0 Å². The molecule has 1 aliphatic heterocycles. The SMILES string of the molecule is CC[C@@H]1CC[P+](c2ccccc2)(c2ccccc2)c2ccccc21. The highest BCUT2D eigenvalue weighted by molar-refractivity contribution is 7.95. The van der Waals surface area contributed by atoms with E-state index in [-0.39, 0.29) is 0 Å². The van der Waals surface area contributed by atoms with Crippen LogP contribution in [0.3, 0.4) is 0 Å². The molecule has 4 rings (SSSR count). The van der Waals surface area contributed by atoms with Crippen molar-refractivity contribution >= 4 is 23.2 Å². The second-order valence-electron chi connectivity index (χ2n) is 6.66. The second-order valence-corrected chi connectivity index (χ2v) is 10.2. The molecule has 1 atom stereocenters. The van der Waals surface area contributed by atoms with E-state index in [4.69, 9.17) is 0 Å². The van der Waals surface area contributed by atoms with Crippen LogP contribution in [0.1, 0.15) is 31.2 Å². The molecule has 0 nitrogen and oxygen atoms in total. The summed E-state index contributed by atoms with van der Waals surface area (Å²) in [7, 11) is -1.54. The first-order chi connectivity index (χ1) is 11.9. The number of rotatable bonds is 3. The van der Waals surface area contributed by atoms with Crippen molar-refractivity contribution in [3.05, 3.63) is 90.5 Å². The van der Waals surface area contributed by atoms with E-state index in [9.17, 15) is 0 Å². The minimum absolute atomic E-state index is 0.710. The van der Waals surface area contributed by atoms with E-state index in [1.165, 1.54) is 29.6 Å². The van der Waals surface area contributed by atoms with Crippen molar-refractivity contribution in [3.8, 4) is 0 Å². The largest absolute Gasteiger partial charge is 0.112 e. The molecule has 1 heteroatoms. The Kier molecular flexibility index (Phi) is 4.25. The molecule has 0 aliphatic carbocycles. The van der Waals surface area contributed by atoms with Crippen LogP contribution in [0.15, 0.2) is 84.9 Å². The summed E-state index contributed by atoms with van der Waals surface area (Å²) in [6.45, 7) is 2.33. The molecule has 0 N–H and O–H groups in total. The number of fused-ring (bicyclic) bond motifs is 1. The highest BCUT2D eigenvalue weighted by Crippen LogP contribution is 2.60. The van der Waals surface area contributed by atoms with Crippen molar-refractivity contribution in [2.24, 2.45) is 0 Å². The van der Waals surface area contributed by atoms with Gasteiger partial charge in [0.15, 0.2) is 0 Å². The molecule has 0 fully saturated rings. The van der Waals surface area contributed by atoms with Crippen LogP contribution in [0.25, 0.3) is 0 Å². The van der Waals surface area contributed by atoms with Gasteiger partial charge in [-0.25, -0.2) is 0 Å². The van der Waals surface area contributed by atoms with E-state index in [0.29, 0.717) is 5.92 Å². The maximum atomic E-state index is 2.41. The van der Waals surface area contributed by atoms with Crippen LogP contribution in [-0.2, 0) is 0 Å². The first-order valence-electron chi connectivity index (χ1n) is 8.95. The maximum absolute atomic E-state index is 2.41. The van der Waals surface area contributed by atoms with Gasteiger partial charge in [-0.3, -0.25) is 0 Å². The average molecular weight is 331 g/mol. The summed E-state index contributed by atoms with van der Waals surface area (Å²) in [6, 6.07) is 31.7. The molecule has 0 aromatic heterocycles. The standard InChI is InChI=1S/C23H24P/c1-2-19-17-18-24(20-11-5-3-6-12-20,21-13-7-4-8-14-21)23-16-10-9-15-22(19)23/h3-16,19H,2,17-18H2,1H3/q+1/t19-/m1/s1. The normalized spacial score (nSPS) is 18.8. The van der Waals surface area contributed by atoms with Crippen molar-refractivity contribution in [1.29, 1.82) is 0 Å². The average Bonchev–Trinajstić information content (AvgIpc) is 2.68. The Labute approximate surface area is 145 Å². The molecule has 0 unspecified atom stereocenters. The van der Waals surface area contributed by atoms with Crippen molar-refractivity contribution in [3.63, 3.8) is 0 Å². The second kappa shape index (κ2) is 6.54. The quantitative estimate of drug-likeness (QED) is 0.600. The van der Waals surface area contributed by atoms with E-state index in [1.54, 1.807) is 10.9 Å². The Balaban J connectivity index is 2.02. The molecule has 0 radical (unpaired) electrons. The summed E-state index contributed by atoms with van der Waals surface area (Å²) in [6.07, 6.45) is 3.82. The Morgan fingerprint density at radius 1 is 0.750 bits per heavy atom. The van der Waals surface area contributed by atoms with Crippen LogP contribution in [-0.4, -0.2) is 6.16 Å². The summed E-state index contributed by atoms with van der Waals surface area (Å²) >= 11 is 0. The number of hydrogen-bond acceptors (Lipinski definition) is 0. The Morgan fingerprint density at radius 3 is 1.88 bits per heavy atom. The van der Waals surface area contributed by atoms with Gasteiger partial charge in [-0.2, -0.15) is 0 Å². The summed E-state index contributed by atoms with van der Waals surface area (Å²) in [5.74, 6) is 0.710. The molecule has 3 aromatic carbocycles. The predicted octanol–water partition coefficient (Wildman–Crippen LogP) is 4.88. The third-order valence-electron chi connectivity index (χ3n) is 5.49. The molecule has 0 bridgehead atoms. The fraction of sp³-hybridized carbons (Fsp3) is 0.217.